The second-order valence-corrected chi connectivity index (χ2v) is 5.67. The Kier molecular flexibility index (Phi) is 4.16. The number of benzene rings is 1. The van der Waals surface area contributed by atoms with E-state index in [-0.39, 0.29) is 0 Å². The first-order valence-electron chi connectivity index (χ1n) is 7.62. The Morgan fingerprint density at radius 1 is 1.10 bits per heavy atom. The molecule has 0 amide bonds. The van der Waals surface area contributed by atoms with Crippen molar-refractivity contribution in [3.05, 3.63) is 36.2 Å². The smallest absolute Gasteiger partial charge is 0.116 e. The van der Waals surface area contributed by atoms with Gasteiger partial charge >= 0.3 is 0 Å². The standard InChI is InChI=1S/C17H22N2O/c20-15-6-7-16-14(13-15)8-9-18-17(16)5-4-12-19-10-2-1-3-11-19/h6-9,13,20H,1-5,10-12H2. The number of aromatic nitrogens is 1. The summed E-state index contributed by atoms with van der Waals surface area (Å²) >= 11 is 0. The monoisotopic (exact) mass is 270 g/mol. The molecular weight excluding hydrogens is 248 g/mol. The molecule has 0 radical (unpaired) electrons. The summed E-state index contributed by atoms with van der Waals surface area (Å²) in [4.78, 5) is 7.09. The third kappa shape index (κ3) is 3.10. The molecule has 1 aliphatic heterocycles. The summed E-state index contributed by atoms with van der Waals surface area (Å²) in [5.74, 6) is 0.322. The maximum atomic E-state index is 9.54. The van der Waals surface area contributed by atoms with E-state index in [1.54, 1.807) is 6.07 Å². The molecule has 106 valence electrons. The van der Waals surface area contributed by atoms with Gasteiger partial charge in [-0.15, -0.1) is 0 Å². The zero-order chi connectivity index (χ0) is 13.8. The van der Waals surface area contributed by atoms with Crippen LogP contribution in [-0.2, 0) is 6.42 Å². The lowest BCUT2D eigenvalue weighted by atomic mass is 10.1. The summed E-state index contributed by atoms with van der Waals surface area (Å²) in [5.41, 5.74) is 1.15. The summed E-state index contributed by atoms with van der Waals surface area (Å²) < 4.78 is 0. The van der Waals surface area contributed by atoms with Gasteiger partial charge in [0, 0.05) is 17.3 Å². The molecule has 20 heavy (non-hydrogen) atoms. The van der Waals surface area contributed by atoms with E-state index >= 15 is 0 Å². The van der Waals surface area contributed by atoms with Crippen molar-refractivity contribution in [1.82, 2.24) is 9.88 Å². The van der Waals surface area contributed by atoms with E-state index in [2.05, 4.69) is 9.88 Å². The van der Waals surface area contributed by atoms with E-state index < -0.39 is 0 Å². The zero-order valence-electron chi connectivity index (χ0n) is 11.9. The van der Waals surface area contributed by atoms with Crippen LogP contribution in [0.2, 0.25) is 0 Å². The molecule has 0 aliphatic carbocycles. The lowest BCUT2D eigenvalue weighted by molar-refractivity contribution is 0.226. The highest BCUT2D eigenvalue weighted by Gasteiger charge is 2.10. The van der Waals surface area contributed by atoms with Gasteiger partial charge in [0.05, 0.1) is 0 Å². The van der Waals surface area contributed by atoms with Gasteiger partial charge in [-0.25, -0.2) is 0 Å². The number of phenols is 1. The zero-order valence-corrected chi connectivity index (χ0v) is 11.9. The topological polar surface area (TPSA) is 36.4 Å². The van der Waals surface area contributed by atoms with Gasteiger partial charge in [0.15, 0.2) is 0 Å². The van der Waals surface area contributed by atoms with Crippen LogP contribution in [0.5, 0.6) is 5.75 Å². The van der Waals surface area contributed by atoms with Crippen LogP contribution < -0.4 is 0 Å². The Labute approximate surface area is 120 Å². The van der Waals surface area contributed by atoms with E-state index in [1.807, 2.05) is 24.4 Å². The van der Waals surface area contributed by atoms with Crippen LogP contribution in [0, 0.1) is 0 Å². The van der Waals surface area contributed by atoms with Crippen molar-refractivity contribution in [1.29, 1.82) is 0 Å². The lowest BCUT2D eigenvalue weighted by Crippen LogP contribution is -2.30. The molecule has 0 saturated carbocycles. The van der Waals surface area contributed by atoms with E-state index in [0.717, 1.165) is 23.9 Å². The number of pyridine rings is 1. The fraction of sp³-hybridized carbons (Fsp3) is 0.471. The highest BCUT2D eigenvalue weighted by Crippen LogP contribution is 2.22. The normalized spacial score (nSPS) is 16.6. The molecule has 0 unspecified atom stereocenters. The Morgan fingerprint density at radius 2 is 1.95 bits per heavy atom. The highest BCUT2D eigenvalue weighted by molar-refractivity contribution is 5.85. The molecule has 3 nitrogen and oxygen atoms in total. The van der Waals surface area contributed by atoms with E-state index in [1.165, 1.54) is 44.3 Å². The van der Waals surface area contributed by atoms with E-state index in [4.69, 9.17) is 0 Å². The summed E-state index contributed by atoms with van der Waals surface area (Å²) in [6, 6.07) is 7.50. The first kappa shape index (κ1) is 13.4. The van der Waals surface area contributed by atoms with Gasteiger partial charge in [0.25, 0.3) is 0 Å². The van der Waals surface area contributed by atoms with Crippen LogP contribution in [0.25, 0.3) is 10.8 Å². The van der Waals surface area contributed by atoms with Crippen LogP contribution in [0.1, 0.15) is 31.4 Å². The molecule has 1 fully saturated rings. The molecule has 2 heterocycles. The third-order valence-electron chi connectivity index (χ3n) is 4.17. The molecule has 1 aromatic carbocycles. The number of rotatable bonds is 4. The van der Waals surface area contributed by atoms with Crippen molar-refractivity contribution in [2.75, 3.05) is 19.6 Å². The second-order valence-electron chi connectivity index (χ2n) is 5.67. The summed E-state index contributed by atoms with van der Waals surface area (Å²) in [6.07, 6.45) is 8.12. The Hall–Kier alpha value is -1.61. The molecule has 1 aliphatic rings. The molecule has 0 spiro atoms. The van der Waals surface area contributed by atoms with Crippen molar-refractivity contribution >= 4 is 10.8 Å². The molecule has 1 N–H and O–H groups in total. The minimum atomic E-state index is 0.322. The SMILES string of the molecule is Oc1ccc2c(CCCN3CCCCC3)nccc2c1. The van der Waals surface area contributed by atoms with Gasteiger partial charge in [-0.2, -0.15) is 0 Å². The number of nitrogens with zero attached hydrogens (tertiary/aromatic N) is 2. The van der Waals surface area contributed by atoms with E-state index in [0.29, 0.717) is 5.75 Å². The van der Waals surface area contributed by atoms with Gasteiger partial charge in [-0.05, 0) is 75.0 Å². The lowest BCUT2D eigenvalue weighted by Gasteiger charge is -2.26. The predicted octanol–water partition coefficient (Wildman–Crippen LogP) is 3.36. The first-order valence-corrected chi connectivity index (χ1v) is 7.62. The van der Waals surface area contributed by atoms with Crippen molar-refractivity contribution in [3.63, 3.8) is 0 Å². The third-order valence-corrected chi connectivity index (χ3v) is 4.17. The minimum absolute atomic E-state index is 0.322. The number of phenolic OH excluding ortho intramolecular Hbond substituents is 1. The van der Waals surface area contributed by atoms with Crippen molar-refractivity contribution in [2.24, 2.45) is 0 Å². The number of aryl methyl sites for hydroxylation is 1. The Balaban J connectivity index is 1.65. The van der Waals surface area contributed by atoms with Gasteiger partial charge in [0.1, 0.15) is 5.75 Å². The number of likely N-dealkylation sites (tertiary alicyclic amines) is 1. The fourth-order valence-electron chi connectivity index (χ4n) is 3.08. The van der Waals surface area contributed by atoms with Crippen molar-refractivity contribution < 1.29 is 5.11 Å². The minimum Gasteiger partial charge on any atom is -0.508 e. The maximum Gasteiger partial charge on any atom is 0.116 e. The average molecular weight is 270 g/mol. The molecule has 2 aromatic rings. The molecule has 3 rings (SSSR count). The van der Waals surface area contributed by atoms with Gasteiger partial charge < -0.3 is 10.0 Å². The largest absolute Gasteiger partial charge is 0.508 e. The highest BCUT2D eigenvalue weighted by atomic mass is 16.3. The molecular formula is C17H22N2O. The summed E-state index contributed by atoms with van der Waals surface area (Å²) in [6.45, 7) is 3.70. The van der Waals surface area contributed by atoms with Crippen molar-refractivity contribution in [3.8, 4) is 5.75 Å². The molecule has 0 bridgehead atoms. The Morgan fingerprint density at radius 3 is 2.80 bits per heavy atom. The first-order chi connectivity index (χ1) is 9.83. The van der Waals surface area contributed by atoms with Gasteiger partial charge in [-0.1, -0.05) is 6.42 Å². The summed E-state index contributed by atoms with van der Waals surface area (Å²) in [5, 5.41) is 11.8. The van der Waals surface area contributed by atoms with Gasteiger partial charge in [-0.3, -0.25) is 4.98 Å². The van der Waals surface area contributed by atoms with Crippen LogP contribution in [-0.4, -0.2) is 34.6 Å². The molecule has 3 heteroatoms. The number of aromatic hydroxyl groups is 1. The van der Waals surface area contributed by atoms with Gasteiger partial charge in [0.2, 0.25) is 0 Å². The summed E-state index contributed by atoms with van der Waals surface area (Å²) in [7, 11) is 0. The Bertz CT molecular complexity index is 576. The quantitative estimate of drug-likeness (QED) is 0.925. The van der Waals surface area contributed by atoms with Crippen LogP contribution >= 0.6 is 0 Å². The van der Waals surface area contributed by atoms with Crippen molar-refractivity contribution in [2.45, 2.75) is 32.1 Å². The van der Waals surface area contributed by atoms with Crippen LogP contribution in [0.4, 0.5) is 0 Å². The number of hydrogen-bond acceptors (Lipinski definition) is 3. The molecule has 1 aromatic heterocycles. The second kappa shape index (κ2) is 6.23. The fourth-order valence-corrected chi connectivity index (χ4v) is 3.08. The molecule has 1 saturated heterocycles. The average Bonchev–Trinajstić information content (AvgIpc) is 2.48. The molecule has 0 atom stereocenters. The van der Waals surface area contributed by atoms with Crippen LogP contribution in [0.15, 0.2) is 30.5 Å². The number of piperidine rings is 1. The maximum absolute atomic E-state index is 9.54. The van der Waals surface area contributed by atoms with E-state index in [9.17, 15) is 5.11 Å². The van der Waals surface area contributed by atoms with Crippen LogP contribution in [0.3, 0.4) is 0 Å². The number of hydrogen-bond donors (Lipinski definition) is 1. The predicted molar refractivity (Wildman–Crippen MR) is 82.0 cm³/mol. The number of fused-ring (bicyclic) bond motifs is 1.